The van der Waals surface area contributed by atoms with E-state index in [9.17, 15) is 19.2 Å². The van der Waals surface area contributed by atoms with Crippen LogP contribution in [-0.2, 0) is 28.6 Å². The van der Waals surface area contributed by atoms with Gasteiger partial charge in [-0.3, -0.25) is 23.5 Å². The Labute approximate surface area is 210 Å². The summed E-state index contributed by atoms with van der Waals surface area (Å²) in [6.45, 7) is 4.77. The fourth-order valence-electron chi connectivity index (χ4n) is 4.81. The van der Waals surface area contributed by atoms with Crippen LogP contribution in [0.3, 0.4) is 0 Å². The first kappa shape index (κ1) is 25.2. The van der Waals surface area contributed by atoms with Crippen LogP contribution in [-0.4, -0.2) is 27.5 Å². The maximum Gasteiger partial charge on any atom is 0.332 e. The van der Waals surface area contributed by atoms with E-state index in [0.29, 0.717) is 13.1 Å². The van der Waals surface area contributed by atoms with Crippen LogP contribution in [0.15, 0.2) is 70.3 Å². The summed E-state index contributed by atoms with van der Waals surface area (Å²) in [6, 6.07) is 19.9. The van der Waals surface area contributed by atoms with Crippen LogP contribution < -0.4 is 21.9 Å². The molecule has 0 unspecified atom stereocenters. The normalized spacial score (nSPS) is 14.9. The van der Waals surface area contributed by atoms with Crippen molar-refractivity contribution in [1.82, 2.24) is 14.5 Å². The van der Waals surface area contributed by atoms with Crippen molar-refractivity contribution in [3.05, 3.63) is 98.2 Å². The highest BCUT2D eigenvalue weighted by Gasteiger charge is 2.38. The van der Waals surface area contributed by atoms with Crippen LogP contribution >= 0.6 is 0 Å². The van der Waals surface area contributed by atoms with Crippen LogP contribution in [0.1, 0.15) is 55.7 Å². The average Bonchev–Trinajstić information content (AvgIpc) is 3.22. The van der Waals surface area contributed by atoms with Gasteiger partial charge in [0, 0.05) is 32.0 Å². The number of carbonyl (C=O) groups excluding carboxylic acids is 2. The molecule has 36 heavy (non-hydrogen) atoms. The molecule has 0 aliphatic carbocycles. The Morgan fingerprint density at radius 2 is 1.58 bits per heavy atom. The SMILES string of the molecule is CCCCn1c2c(c(=O)n(C)c1=O)[C@@H](CC(=O)NCC(C)(c1ccccc1)c1ccccc1)C(=O)N2. The summed E-state index contributed by atoms with van der Waals surface area (Å²) in [5, 5.41) is 5.69. The lowest BCUT2D eigenvalue weighted by molar-refractivity contribution is -0.125. The minimum atomic E-state index is -0.952. The van der Waals surface area contributed by atoms with Crippen LogP contribution in [0.2, 0.25) is 0 Å². The van der Waals surface area contributed by atoms with Crippen molar-refractivity contribution in [2.75, 3.05) is 11.9 Å². The number of amides is 2. The molecule has 2 amide bonds. The second kappa shape index (κ2) is 10.4. The highest BCUT2D eigenvalue weighted by molar-refractivity contribution is 6.04. The van der Waals surface area contributed by atoms with Gasteiger partial charge in [-0.1, -0.05) is 74.0 Å². The lowest BCUT2D eigenvalue weighted by Crippen LogP contribution is -2.41. The number of hydrogen-bond donors (Lipinski definition) is 2. The van der Waals surface area contributed by atoms with Gasteiger partial charge in [-0.2, -0.15) is 0 Å². The van der Waals surface area contributed by atoms with Crippen molar-refractivity contribution in [2.24, 2.45) is 7.05 Å². The topological polar surface area (TPSA) is 102 Å². The van der Waals surface area contributed by atoms with Crippen molar-refractivity contribution in [2.45, 2.75) is 51.0 Å². The molecule has 0 saturated heterocycles. The molecule has 8 nitrogen and oxygen atoms in total. The number of benzene rings is 2. The highest BCUT2D eigenvalue weighted by atomic mass is 16.2. The molecule has 0 fully saturated rings. The van der Waals surface area contributed by atoms with E-state index in [0.717, 1.165) is 28.5 Å². The second-order valence-corrected chi connectivity index (χ2v) is 9.50. The highest BCUT2D eigenvalue weighted by Crippen LogP contribution is 2.33. The third-order valence-corrected chi connectivity index (χ3v) is 7.07. The number of hydrogen-bond acceptors (Lipinski definition) is 4. The molecule has 1 aliphatic rings. The molecule has 1 aliphatic heterocycles. The first-order valence-electron chi connectivity index (χ1n) is 12.3. The van der Waals surface area contributed by atoms with E-state index < -0.39 is 28.5 Å². The Morgan fingerprint density at radius 3 is 2.14 bits per heavy atom. The molecule has 4 rings (SSSR count). The van der Waals surface area contributed by atoms with Crippen LogP contribution in [0.4, 0.5) is 5.82 Å². The number of anilines is 1. The summed E-state index contributed by atoms with van der Waals surface area (Å²) in [6.07, 6.45) is 1.40. The van der Waals surface area contributed by atoms with Crippen molar-refractivity contribution in [3.63, 3.8) is 0 Å². The fourth-order valence-corrected chi connectivity index (χ4v) is 4.81. The molecule has 2 N–H and O–H groups in total. The molecule has 3 aromatic rings. The zero-order valence-electron chi connectivity index (χ0n) is 20.9. The van der Waals surface area contributed by atoms with Gasteiger partial charge >= 0.3 is 5.69 Å². The molecular formula is C28H32N4O4. The van der Waals surface area contributed by atoms with Gasteiger partial charge < -0.3 is 10.6 Å². The Morgan fingerprint density at radius 1 is 1.00 bits per heavy atom. The number of unbranched alkanes of at least 4 members (excludes halogenated alkanes) is 1. The number of fused-ring (bicyclic) bond motifs is 1. The van der Waals surface area contributed by atoms with Gasteiger partial charge in [-0.15, -0.1) is 0 Å². The molecule has 0 bridgehead atoms. The molecule has 0 spiro atoms. The van der Waals surface area contributed by atoms with Crippen LogP contribution in [0.25, 0.3) is 0 Å². The van der Waals surface area contributed by atoms with E-state index in [4.69, 9.17) is 0 Å². The first-order valence-corrected chi connectivity index (χ1v) is 12.3. The summed E-state index contributed by atoms with van der Waals surface area (Å²) in [5.41, 5.74) is 0.771. The van der Waals surface area contributed by atoms with Gasteiger partial charge in [0.1, 0.15) is 5.82 Å². The largest absolute Gasteiger partial charge is 0.355 e. The molecular weight excluding hydrogens is 456 g/mol. The molecule has 2 aromatic carbocycles. The van der Waals surface area contributed by atoms with E-state index in [2.05, 4.69) is 17.6 Å². The first-order chi connectivity index (χ1) is 17.3. The average molecular weight is 489 g/mol. The van der Waals surface area contributed by atoms with E-state index in [1.165, 1.54) is 11.6 Å². The van der Waals surface area contributed by atoms with E-state index in [-0.39, 0.29) is 23.7 Å². The quantitative estimate of drug-likeness (QED) is 0.484. The minimum Gasteiger partial charge on any atom is -0.355 e. The van der Waals surface area contributed by atoms with Crippen LogP contribution in [0, 0.1) is 0 Å². The zero-order valence-corrected chi connectivity index (χ0v) is 20.9. The van der Waals surface area contributed by atoms with Gasteiger partial charge in [0.25, 0.3) is 5.56 Å². The van der Waals surface area contributed by atoms with Gasteiger partial charge in [0.2, 0.25) is 11.8 Å². The predicted molar refractivity (Wildman–Crippen MR) is 139 cm³/mol. The summed E-state index contributed by atoms with van der Waals surface area (Å²) in [4.78, 5) is 51.6. The molecule has 1 aromatic heterocycles. The smallest absolute Gasteiger partial charge is 0.332 e. The Balaban J connectivity index is 1.59. The van der Waals surface area contributed by atoms with Crippen molar-refractivity contribution < 1.29 is 9.59 Å². The summed E-state index contributed by atoms with van der Waals surface area (Å²) >= 11 is 0. The summed E-state index contributed by atoms with van der Waals surface area (Å²) in [7, 11) is 1.40. The Hall–Kier alpha value is -3.94. The summed E-state index contributed by atoms with van der Waals surface area (Å²) in [5.74, 6) is -1.51. The number of carbonyl (C=O) groups is 2. The monoisotopic (exact) mass is 488 g/mol. The third kappa shape index (κ3) is 4.63. The Kier molecular flexibility index (Phi) is 7.24. The van der Waals surface area contributed by atoms with E-state index in [1.807, 2.05) is 67.6 Å². The molecule has 0 saturated carbocycles. The number of nitrogens with zero attached hydrogens (tertiary/aromatic N) is 2. The number of nitrogens with one attached hydrogen (secondary N) is 2. The standard InChI is InChI=1S/C28H32N4O4/c1-4-5-16-32-24-23(26(35)31(3)27(32)36)21(25(34)30-24)17-22(33)29-18-28(2,19-12-8-6-9-13-19)20-14-10-7-11-15-20/h6-15,21H,4-5,16-18H2,1-3H3,(H,29,33)(H,30,34)/t21-/m1/s1. The van der Waals surface area contributed by atoms with Gasteiger partial charge in [-0.25, -0.2) is 4.79 Å². The maximum atomic E-state index is 13.1. The van der Waals surface area contributed by atoms with E-state index >= 15 is 0 Å². The molecule has 0 radical (unpaired) electrons. The summed E-state index contributed by atoms with van der Waals surface area (Å²) < 4.78 is 2.44. The fraction of sp³-hybridized carbons (Fsp3) is 0.357. The number of aromatic nitrogens is 2. The lowest BCUT2D eigenvalue weighted by Gasteiger charge is -2.31. The van der Waals surface area contributed by atoms with Gasteiger partial charge in [0.15, 0.2) is 0 Å². The van der Waals surface area contributed by atoms with Gasteiger partial charge in [-0.05, 0) is 24.5 Å². The second-order valence-electron chi connectivity index (χ2n) is 9.50. The molecule has 1 atom stereocenters. The Bertz CT molecular complexity index is 1340. The predicted octanol–water partition coefficient (Wildman–Crippen LogP) is 2.90. The van der Waals surface area contributed by atoms with Crippen molar-refractivity contribution in [3.8, 4) is 0 Å². The minimum absolute atomic E-state index is 0.181. The number of rotatable bonds is 9. The molecule has 188 valence electrons. The van der Waals surface area contributed by atoms with Crippen molar-refractivity contribution >= 4 is 17.6 Å². The zero-order chi connectivity index (χ0) is 25.9. The molecule has 8 heteroatoms. The third-order valence-electron chi connectivity index (χ3n) is 7.07. The maximum absolute atomic E-state index is 13.1. The molecule has 2 heterocycles. The van der Waals surface area contributed by atoms with E-state index in [1.54, 1.807) is 0 Å². The van der Waals surface area contributed by atoms with Crippen molar-refractivity contribution in [1.29, 1.82) is 0 Å². The lowest BCUT2D eigenvalue weighted by atomic mass is 9.76. The van der Waals surface area contributed by atoms with Gasteiger partial charge in [0.05, 0.1) is 11.5 Å². The van der Waals surface area contributed by atoms with Crippen LogP contribution in [0.5, 0.6) is 0 Å².